The van der Waals surface area contributed by atoms with Crippen molar-refractivity contribution in [1.29, 1.82) is 0 Å². The number of hydrogen-bond donors (Lipinski definition) is 0. The SMILES string of the molecule is O=C1C(c2ccc([N+](=O)[O-])cc2)=C(N2CCCCC2)C(=O)N1CCCN1CCOCC1. The van der Waals surface area contributed by atoms with Gasteiger partial charge in [-0.25, -0.2) is 0 Å². The van der Waals surface area contributed by atoms with Gasteiger partial charge in [0.15, 0.2) is 0 Å². The average molecular weight is 428 g/mol. The molecule has 31 heavy (non-hydrogen) atoms. The van der Waals surface area contributed by atoms with Crippen molar-refractivity contribution in [3.63, 3.8) is 0 Å². The van der Waals surface area contributed by atoms with Crippen LogP contribution >= 0.6 is 0 Å². The highest BCUT2D eigenvalue weighted by Crippen LogP contribution is 2.33. The Hall–Kier alpha value is -2.78. The van der Waals surface area contributed by atoms with E-state index in [1.54, 1.807) is 12.1 Å². The van der Waals surface area contributed by atoms with E-state index in [1.807, 2.05) is 4.90 Å². The van der Waals surface area contributed by atoms with Crippen molar-refractivity contribution in [2.45, 2.75) is 25.7 Å². The number of carbonyl (C=O) groups excluding carboxylic acids is 2. The number of amides is 2. The summed E-state index contributed by atoms with van der Waals surface area (Å²) in [4.78, 5) is 42.8. The van der Waals surface area contributed by atoms with E-state index in [4.69, 9.17) is 4.74 Å². The van der Waals surface area contributed by atoms with Gasteiger partial charge in [0.05, 0.1) is 23.7 Å². The molecule has 1 aromatic rings. The van der Waals surface area contributed by atoms with E-state index < -0.39 is 4.92 Å². The third-order valence-corrected chi connectivity index (χ3v) is 6.14. The van der Waals surface area contributed by atoms with Crippen LogP contribution in [0, 0.1) is 10.1 Å². The number of ether oxygens (including phenoxy) is 1. The van der Waals surface area contributed by atoms with Crippen LogP contribution < -0.4 is 0 Å². The maximum Gasteiger partial charge on any atom is 0.277 e. The Morgan fingerprint density at radius 2 is 1.58 bits per heavy atom. The molecule has 0 bridgehead atoms. The number of non-ortho nitro benzene ring substituents is 1. The van der Waals surface area contributed by atoms with Gasteiger partial charge in [0.1, 0.15) is 5.70 Å². The van der Waals surface area contributed by atoms with E-state index in [2.05, 4.69) is 4.90 Å². The normalized spacial score (nSPS) is 20.6. The second-order valence-corrected chi connectivity index (χ2v) is 8.14. The van der Waals surface area contributed by atoms with Crippen LogP contribution in [0.4, 0.5) is 5.69 Å². The van der Waals surface area contributed by atoms with Crippen LogP contribution in [0.25, 0.3) is 5.57 Å². The van der Waals surface area contributed by atoms with Gasteiger partial charge >= 0.3 is 0 Å². The van der Waals surface area contributed by atoms with Crippen molar-refractivity contribution in [2.75, 3.05) is 52.5 Å². The minimum Gasteiger partial charge on any atom is -0.379 e. The molecule has 2 fully saturated rings. The first kappa shape index (κ1) is 21.5. The van der Waals surface area contributed by atoms with Gasteiger partial charge in [0, 0.05) is 51.4 Å². The molecule has 166 valence electrons. The number of nitrogens with zero attached hydrogens (tertiary/aromatic N) is 4. The molecule has 2 saturated heterocycles. The van der Waals surface area contributed by atoms with Crippen LogP contribution in [0.2, 0.25) is 0 Å². The fourth-order valence-corrected chi connectivity index (χ4v) is 4.46. The molecular formula is C22H28N4O5. The molecule has 0 N–H and O–H groups in total. The molecule has 1 aromatic carbocycles. The van der Waals surface area contributed by atoms with Crippen LogP contribution in [0.5, 0.6) is 0 Å². The maximum absolute atomic E-state index is 13.3. The van der Waals surface area contributed by atoms with Crippen molar-refractivity contribution in [3.05, 3.63) is 45.6 Å². The van der Waals surface area contributed by atoms with Gasteiger partial charge < -0.3 is 9.64 Å². The molecule has 0 aliphatic carbocycles. The topological polar surface area (TPSA) is 96.2 Å². The van der Waals surface area contributed by atoms with Crippen LogP contribution in [0.15, 0.2) is 30.0 Å². The minimum atomic E-state index is -0.469. The molecule has 3 aliphatic heterocycles. The molecule has 0 unspecified atom stereocenters. The summed E-state index contributed by atoms with van der Waals surface area (Å²) in [5.41, 5.74) is 1.33. The number of hydrogen-bond acceptors (Lipinski definition) is 7. The number of carbonyl (C=O) groups is 2. The molecule has 0 saturated carbocycles. The summed E-state index contributed by atoms with van der Waals surface area (Å²) in [5, 5.41) is 11.0. The quantitative estimate of drug-likeness (QED) is 0.372. The second-order valence-electron chi connectivity index (χ2n) is 8.14. The van der Waals surface area contributed by atoms with Crippen molar-refractivity contribution < 1.29 is 19.2 Å². The molecule has 3 heterocycles. The summed E-state index contributed by atoms with van der Waals surface area (Å²) < 4.78 is 5.37. The van der Waals surface area contributed by atoms with Gasteiger partial charge in [-0.15, -0.1) is 0 Å². The van der Waals surface area contributed by atoms with Crippen LogP contribution in [-0.4, -0.2) is 83.9 Å². The first-order valence-electron chi connectivity index (χ1n) is 11.0. The lowest BCUT2D eigenvalue weighted by molar-refractivity contribution is -0.384. The number of nitro groups is 1. The summed E-state index contributed by atoms with van der Waals surface area (Å²) in [7, 11) is 0. The summed E-state index contributed by atoms with van der Waals surface area (Å²) >= 11 is 0. The maximum atomic E-state index is 13.3. The highest BCUT2D eigenvalue weighted by molar-refractivity contribution is 6.35. The highest BCUT2D eigenvalue weighted by Gasteiger charge is 2.41. The van der Waals surface area contributed by atoms with E-state index in [0.717, 1.165) is 52.0 Å². The molecule has 0 radical (unpaired) electrons. The summed E-state index contributed by atoms with van der Waals surface area (Å²) in [6.45, 7) is 5.83. The Labute approximate surface area is 181 Å². The Kier molecular flexibility index (Phi) is 6.62. The summed E-state index contributed by atoms with van der Waals surface area (Å²) in [6.07, 6.45) is 3.78. The van der Waals surface area contributed by atoms with E-state index in [0.29, 0.717) is 43.0 Å². The third-order valence-electron chi connectivity index (χ3n) is 6.14. The van der Waals surface area contributed by atoms with Crippen LogP contribution in [0.1, 0.15) is 31.2 Å². The highest BCUT2D eigenvalue weighted by atomic mass is 16.6. The van der Waals surface area contributed by atoms with Crippen LogP contribution in [-0.2, 0) is 14.3 Å². The molecule has 3 aliphatic rings. The summed E-state index contributed by atoms with van der Waals surface area (Å²) in [5.74, 6) is -0.552. The second kappa shape index (κ2) is 9.57. The molecule has 4 rings (SSSR count). The lowest BCUT2D eigenvalue weighted by Crippen LogP contribution is -2.40. The Morgan fingerprint density at radius 3 is 2.23 bits per heavy atom. The van der Waals surface area contributed by atoms with Crippen molar-refractivity contribution in [2.24, 2.45) is 0 Å². The number of morpholine rings is 1. The van der Waals surface area contributed by atoms with Gasteiger partial charge in [-0.3, -0.25) is 29.5 Å². The van der Waals surface area contributed by atoms with E-state index in [1.165, 1.54) is 17.0 Å². The zero-order chi connectivity index (χ0) is 21.8. The predicted octanol–water partition coefficient (Wildman–Crippen LogP) is 1.88. The molecule has 0 atom stereocenters. The number of imide groups is 1. The fourth-order valence-electron chi connectivity index (χ4n) is 4.46. The first-order valence-corrected chi connectivity index (χ1v) is 11.0. The summed E-state index contributed by atoms with van der Waals surface area (Å²) in [6, 6.07) is 5.91. The molecule has 0 spiro atoms. The fraction of sp³-hybridized carbons (Fsp3) is 0.545. The van der Waals surface area contributed by atoms with Crippen molar-refractivity contribution in [3.8, 4) is 0 Å². The Bertz CT molecular complexity index is 870. The van der Waals surface area contributed by atoms with E-state index >= 15 is 0 Å². The molecule has 9 nitrogen and oxygen atoms in total. The van der Waals surface area contributed by atoms with Gasteiger partial charge in [0.2, 0.25) is 0 Å². The average Bonchev–Trinajstić information content (AvgIpc) is 3.05. The Morgan fingerprint density at radius 1 is 0.903 bits per heavy atom. The third kappa shape index (κ3) is 4.62. The zero-order valence-electron chi connectivity index (χ0n) is 17.6. The zero-order valence-corrected chi connectivity index (χ0v) is 17.6. The lowest BCUT2D eigenvalue weighted by atomic mass is 10.0. The van der Waals surface area contributed by atoms with Crippen LogP contribution in [0.3, 0.4) is 0 Å². The largest absolute Gasteiger partial charge is 0.379 e. The smallest absolute Gasteiger partial charge is 0.277 e. The van der Waals surface area contributed by atoms with E-state index in [9.17, 15) is 19.7 Å². The monoisotopic (exact) mass is 428 g/mol. The first-order chi connectivity index (χ1) is 15.1. The predicted molar refractivity (Wildman–Crippen MR) is 114 cm³/mol. The number of rotatable bonds is 7. The number of benzene rings is 1. The molecular weight excluding hydrogens is 400 g/mol. The number of piperidine rings is 1. The van der Waals surface area contributed by atoms with Crippen molar-refractivity contribution in [1.82, 2.24) is 14.7 Å². The standard InChI is InChI=1S/C22H28N4O5/c27-21-19(17-5-7-18(8-6-17)26(29)30)20(24-10-2-1-3-11-24)22(28)25(21)12-4-9-23-13-15-31-16-14-23/h5-8H,1-4,9-16H2. The van der Waals surface area contributed by atoms with Gasteiger partial charge in [-0.1, -0.05) is 0 Å². The minimum absolute atomic E-state index is 0.0389. The van der Waals surface area contributed by atoms with Gasteiger partial charge in [-0.05, 0) is 43.4 Å². The van der Waals surface area contributed by atoms with Gasteiger partial charge in [-0.2, -0.15) is 0 Å². The van der Waals surface area contributed by atoms with Crippen molar-refractivity contribution >= 4 is 23.1 Å². The number of likely N-dealkylation sites (tertiary alicyclic amines) is 1. The number of nitro benzene ring substituents is 1. The lowest BCUT2D eigenvalue weighted by Gasteiger charge is -2.30. The molecule has 0 aromatic heterocycles. The molecule has 2 amide bonds. The molecule has 9 heteroatoms. The van der Waals surface area contributed by atoms with Gasteiger partial charge in [0.25, 0.3) is 17.5 Å². The Balaban J connectivity index is 1.55. The van der Waals surface area contributed by atoms with E-state index in [-0.39, 0.29) is 17.5 Å².